The molecule has 0 spiro atoms. The molecule has 0 unspecified atom stereocenters. The largest absolute Gasteiger partial charge is 0.384 e. The highest BCUT2D eigenvalue weighted by Crippen LogP contribution is 2.27. The van der Waals surface area contributed by atoms with Crippen LogP contribution in [0.25, 0.3) is 0 Å². The van der Waals surface area contributed by atoms with E-state index in [4.69, 9.17) is 0 Å². The van der Waals surface area contributed by atoms with Crippen molar-refractivity contribution in [1.82, 2.24) is 0 Å². The molecule has 20 heavy (non-hydrogen) atoms. The summed E-state index contributed by atoms with van der Waals surface area (Å²) in [7, 11) is 4.13. The minimum Gasteiger partial charge on any atom is -0.384 e. The van der Waals surface area contributed by atoms with Crippen molar-refractivity contribution in [2.75, 3.05) is 36.2 Å². The molecule has 1 aliphatic heterocycles. The van der Waals surface area contributed by atoms with Crippen LogP contribution in [-0.2, 0) is 13.0 Å². The van der Waals surface area contributed by atoms with Gasteiger partial charge in [-0.2, -0.15) is 0 Å². The normalized spacial score (nSPS) is 12.7. The lowest BCUT2D eigenvalue weighted by Crippen LogP contribution is -2.09. The first-order chi connectivity index (χ1) is 9.74. The Kier molecular flexibility index (Phi) is 3.50. The first-order valence-electron chi connectivity index (χ1n) is 7.10. The Balaban J connectivity index is 1.74. The van der Waals surface area contributed by atoms with Crippen LogP contribution in [0.15, 0.2) is 42.5 Å². The molecular formula is C17H21N3. The van der Waals surface area contributed by atoms with Crippen LogP contribution >= 0.6 is 0 Å². The zero-order chi connectivity index (χ0) is 13.9. The quantitative estimate of drug-likeness (QED) is 0.889. The van der Waals surface area contributed by atoms with Crippen molar-refractivity contribution in [3.8, 4) is 0 Å². The maximum absolute atomic E-state index is 3.52. The summed E-state index contributed by atoms with van der Waals surface area (Å²) in [5, 5.41) is 7.01. The molecule has 3 nitrogen and oxygen atoms in total. The molecule has 2 N–H and O–H groups in total. The molecular weight excluding hydrogens is 246 g/mol. The van der Waals surface area contributed by atoms with Gasteiger partial charge in [0.2, 0.25) is 0 Å². The number of nitrogens with zero attached hydrogens (tertiary/aromatic N) is 1. The highest BCUT2D eigenvalue weighted by atomic mass is 15.1. The van der Waals surface area contributed by atoms with E-state index >= 15 is 0 Å². The smallest absolute Gasteiger partial charge is 0.0424 e. The van der Waals surface area contributed by atoms with Crippen molar-refractivity contribution in [3.63, 3.8) is 0 Å². The van der Waals surface area contributed by atoms with Crippen molar-refractivity contribution in [1.29, 1.82) is 0 Å². The second-order valence-electron chi connectivity index (χ2n) is 5.43. The van der Waals surface area contributed by atoms with Gasteiger partial charge in [0.15, 0.2) is 0 Å². The summed E-state index contributed by atoms with van der Waals surface area (Å²) in [5.41, 5.74) is 6.48. The Hall–Kier alpha value is -2.16. The van der Waals surface area contributed by atoms with Crippen molar-refractivity contribution in [2.24, 2.45) is 0 Å². The molecule has 2 aromatic carbocycles. The molecule has 2 aromatic rings. The molecule has 0 saturated heterocycles. The van der Waals surface area contributed by atoms with E-state index < -0.39 is 0 Å². The van der Waals surface area contributed by atoms with E-state index in [2.05, 4.69) is 72.1 Å². The third-order valence-electron chi connectivity index (χ3n) is 3.78. The molecule has 0 fully saturated rings. The number of para-hydroxylation sites is 1. The van der Waals surface area contributed by atoms with E-state index in [1.165, 1.54) is 22.5 Å². The first kappa shape index (κ1) is 12.9. The molecule has 0 aliphatic carbocycles. The van der Waals surface area contributed by atoms with Crippen molar-refractivity contribution in [3.05, 3.63) is 53.6 Å². The predicted molar refractivity (Wildman–Crippen MR) is 86.7 cm³/mol. The standard InChI is InChI=1S/C17H21N3/c1-20(2)16-8-4-7-15(11-16)19-12-14-6-3-5-13-9-10-18-17(13)14/h3-8,11,18-19H,9-10,12H2,1-2H3. The van der Waals surface area contributed by atoms with Gasteiger partial charge < -0.3 is 15.5 Å². The van der Waals surface area contributed by atoms with Gasteiger partial charge in [-0.15, -0.1) is 0 Å². The average Bonchev–Trinajstić information content (AvgIpc) is 2.94. The summed E-state index contributed by atoms with van der Waals surface area (Å²) < 4.78 is 0. The highest BCUT2D eigenvalue weighted by Gasteiger charge is 2.13. The fraction of sp³-hybridized carbons (Fsp3) is 0.294. The molecule has 3 heteroatoms. The van der Waals surface area contributed by atoms with Gasteiger partial charge in [-0.1, -0.05) is 24.3 Å². The van der Waals surface area contributed by atoms with Crippen LogP contribution in [0.1, 0.15) is 11.1 Å². The summed E-state index contributed by atoms with van der Waals surface area (Å²) in [6.07, 6.45) is 1.14. The van der Waals surface area contributed by atoms with Crippen LogP contribution in [0.4, 0.5) is 17.1 Å². The minimum atomic E-state index is 0.854. The number of fused-ring (bicyclic) bond motifs is 1. The molecule has 0 saturated carbocycles. The molecule has 0 amide bonds. The molecule has 1 heterocycles. The fourth-order valence-electron chi connectivity index (χ4n) is 2.65. The average molecular weight is 267 g/mol. The van der Waals surface area contributed by atoms with Gasteiger partial charge in [-0.25, -0.2) is 0 Å². The zero-order valence-electron chi connectivity index (χ0n) is 12.1. The summed E-state index contributed by atoms with van der Waals surface area (Å²) >= 11 is 0. The lowest BCUT2D eigenvalue weighted by molar-refractivity contribution is 1.11. The van der Waals surface area contributed by atoms with Crippen LogP contribution < -0.4 is 15.5 Å². The summed E-state index contributed by atoms with van der Waals surface area (Å²) in [4.78, 5) is 2.12. The van der Waals surface area contributed by atoms with Crippen LogP contribution in [0, 0.1) is 0 Å². The Morgan fingerprint density at radius 2 is 2.00 bits per heavy atom. The van der Waals surface area contributed by atoms with Crippen LogP contribution in [0.5, 0.6) is 0 Å². The summed E-state index contributed by atoms with van der Waals surface area (Å²) in [6, 6.07) is 15.1. The van der Waals surface area contributed by atoms with Gasteiger partial charge in [0.1, 0.15) is 0 Å². The number of hydrogen-bond donors (Lipinski definition) is 2. The van der Waals surface area contributed by atoms with Crippen molar-refractivity contribution < 1.29 is 0 Å². The number of benzene rings is 2. The SMILES string of the molecule is CN(C)c1cccc(NCc2cccc3c2NCC3)c1. The molecule has 1 aliphatic rings. The van der Waals surface area contributed by atoms with Gasteiger partial charge in [0.25, 0.3) is 0 Å². The molecule has 0 aromatic heterocycles. The molecule has 3 rings (SSSR count). The third-order valence-corrected chi connectivity index (χ3v) is 3.78. The van der Waals surface area contributed by atoms with Crippen LogP contribution in [0.2, 0.25) is 0 Å². The highest BCUT2D eigenvalue weighted by molar-refractivity contribution is 5.63. The zero-order valence-corrected chi connectivity index (χ0v) is 12.1. The van der Waals surface area contributed by atoms with Crippen LogP contribution in [0.3, 0.4) is 0 Å². The Morgan fingerprint density at radius 1 is 1.15 bits per heavy atom. The molecule has 104 valence electrons. The van der Waals surface area contributed by atoms with Gasteiger partial charge in [-0.05, 0) is 35.7 Å². The monoisotopic (exact) mass is 267 g/mol. The van der Waals surface area contributed by atoms with Gasteiger partial charge in [0, 0.05) is 44.2 Å². The van der Waals surface area contributed by atoms with E-state index in [1.54, 1.807) is 0 Å². The van der Waals surface area contributed by atoms with E-state index in [0.29, 0.717) is 0 Å². The maximum atomic E-state index is 3.52. The van der Waals surface area contributed by atoms with E-state index in [0.717, 1.165) is 25.2 Å². The fourth-order valence-corrected chi connectivity index (χ4v) is 2.65. The predicted octanol–water partition coefficient (Wildman–Crippen LogP) is 3.33. The lowest BCUT2D eigenvalue weighted by Gasteiger charge is -2.15. The van der Waals surface area contributed by atoms with E-state index in [-0.39, 0.29) is 0 Å². The Bertz CT molecular complexity index is 605. The van der Waals surface area contributed by atoms with E-state index in [9.17, 15) is 0 Å². The second-order valence-corrected chi connectivity index (χ2v) is 5.43. The Labute approximate surface area is 120 Å². The second kappa shape index (κ2) is 5.45. The number of hydrogen-bond acceptors (Lipinski definition) is 3. The Morgan fingerprint density at radius 3 is 2.85 bits per heavy atom. The van der Waals surface area contributed by atoms with Gasteiger partial charge in [-0.3, -0.25) is 0 Å². The topological polar surface area (TPSA) is 27.3 Å². The first-order valence-corrected chi connectivity index (χ1v) is 7.10. The molecule has 0 bridgehead atoms. The molecule has 0 atom stereocenters. The van der Waals surface area contributed by atoms with Gasteiger partial charge in [0.05, 0.1) is 0 Å². The van der Waals surface area contributed by atoms with Gasteiger partial charge >= 0.3 is 0 Å². The molecule has 0 radical (unpaired) electrons. The lowest BCUT2D eigenvalue weighted by atomic mass is 10.1. The third kappa shape index (κ3) is 2.57. The number of nitrogens with one attached hydrogen (secondary N) is 2. The van der Waals surface area contributed by atoms with Crippen molar-refractivity contribution >= 4 is 17.1 Å². The maximum Gasteiger partial charge on any atom is 0.0424 e. The number of anilines is 3. The summed E-state index contributed by atoms with van der Waals surface area (Å²) in [5.74, 6) is 0. The van der Waals surface area contributed by atoms with E-state index in [1.807, 2.05) is 0 Å². The number of rotatable bonds is 4. The minimum absolute atomic E-state index is 0.854. The van der Waals surface area contributed by atoms with Crippen molar-refractivity contribution in [2.45, 2.75) is 13.0 Å². The van der Waals surface area contributed by atoms with Crippen LogP contribution in [-0.4, -0.2) is 20.6 Å². The summed E-state index contributed by atoms with van der Waals surface area (Å²) in [6.45, 7) is 1.91.